The Hall–Kier alpha value is -0.120. The topological polar surface area (TPSA) is 44.5 Å². The maximum atomic E-state index is 5.73. The molecule has 0 spiro atoms. The average molecular weight is 175 g/mol. The van der Waals surface area contributed by atoms with Crippen molar-refractivity contribution >= 4 is 0 Å². The van der Waals surface area contributed by atoms with Gasteiger partial charge in [0, 0.05) is 25.9 Å². The molecule has 0 saturated carbocycles. The Balaban J connectivity index is 3.01. The molecule has 3 nitrogen and oxygen atoms in total. The molecule has 0 bridgehead atoms. The average Bonchev–Trinajstić information content (AvgIpc) is 1.94. The fraction of sp³-hybridized carbons (Fsp3) is 1.00. The summed E-state index contributed by atoms with van der Waals surface area (Å²) < 4.78 is 10.3. The maximum Gasteiger partial charge on any atom is 0.0640 e. The van der Waals surface area contributed by atoms with Crippen LogP contribution >= 0.6 is 0 Å². The quantitative estimate of drug-likeness (QED) is 0.591. The van der Waals surface area contributed by atoms with Crippen LogP contribution in [0.2, 0.25) is 0 Å². The van der Waals surface area contributed by atoms with Gasteiger partial charge in [0.25, 0.3) is 0 Å². The summed E-state index contributed by atoms with van der Waals surface area (Å²) in [5.41, 5.74) is 5.52. The van der Waals surface area contributed by atoms with Gasteiger partial charge in [-0.2, -0.15) is 0 Å². The van der Waals surface area contributed by atoms with Crippen LogP contribution in [0.25, 0.3) is 0 Å². The smallest absolute Gasteiger partial charge is 0.0640 e. The monoisotopic (exact) mass is 175 g/mol. The zero-order valence-corrected chi connectivity index (χ0v) is 8.43. The zero-order valence-electron chi connectivity index (χ0n) is 8.43. The van der Waals surface area contributed by atoms with E-state index in [1.807, 2.05) is 13.8 Å². The van der Waals surface area contributed by atoms with Gasteiger partial charge in [0.15, 0.2) is 0 Å². The van der Waals surface area contributed by atoms with E-state index in [1.54, 1.807) is 7.11 Å². The van der Waals surface area contributed by atoms with E-state index in [-0.39, 0.29) is 5.54 Å². The number of rotatable bonds is 7. The molecule has 0 aliphatic rings. The molecule has 12 heavy (non-hydrogen) atoms. The minimum Gasteiger partial charge on any atom is -0.385 e. The van der Waals surface area contributed by atoms with Crippen LogP contribution in [-0.2, 0) is 9.47 Å². The highest BCUT2D eigenvalue weighted by Gasteiger charge is 2.09. The number of hydrogen-bond donors (Lipinski definition) is 1. The summed E-state index contributed by atoms with van der Waals surface area (Å²) in [4.78, 5) is 0. The van der Waals surface area contributed by atoms with Gasteiger partial charge in [-0.15, -0.1) is 0 Å². The Labute approximate surface area is 75.2 Å². The van der Waals surface area contributed by atoms with Gasteiger partial charge < -0.3 is 15.2 Å². The molecular formula is C9H21NO2. The molecule has 0 aliphatic carbocycles. The molecule has 0 amide bonds. The predicted molar refractivity (Wildman–Crippen MR) is 50.2 cm³/mol. The first kappa shape index (κ1) is 11.9. The number of ether oxygens (including phenoxy) is 2. The van der Waals surface area contributed by atoms with Crippen LogP contribution in [0.5, 0.6) is 0 Å². The predicted octanol–water partition coefficient (Wildman–Crippen LogP) is 1.17. The van der Waals surface area contributed by atoms with Gasteiger partial charge in [-0.05, 0) is 26.7 Å². The Morgan fingerprint density at radius 1 is 1.17 bits per heavy atom. The summed E-state index contributed by atoms with van der Waals surface area (Å²) in [7, 11) is 1.71. The van der Waals surface area contributed by atoms with E-state index in [0.717, 1.165) is 26.1 Å². The lowest BCUT2D eigenvalue weighted by molar-refractivity contribution is 0.0883. The zero-order chi connectivity index (χ0) is 9.45. The second kappa shape index (κ2) is 6.40. The Morgan fingerprint density at radius 3 is 2.25 bits per heavy atom. The summed E-state index contributed by atoms with van der Waals surface area (Å²) in [6.45, 7) is 6.14. The molecule has 0 fully saturated rings. The Kier molecular flexibility index (Phi) is 6.34. The van der Waals surface area contributed by atoms with E-state index >= 15 is 0 Å². The van der Waals surface area contributed by atoms with Gasteiger partial charge in [0.05, 0.1) is 6.61 Å². The van der Waals surface area contributed by atoms with Crippen LogP contribution in [0, 0.1) is 0 Å². The van der Waals surface area contributed by atoms with Gasteiger partial charge in [-0.1, -0.05) is 0 Å². The first-order chi connectivity index (χ1) is 5.56. The second-order valence-corrected chi connectivity index (χ2v) is 3.74. The molecule has 0 aromatic carbocycles. The van der Waals surface area contributed by atoms with Crippen molar-refractivity contribution in [1.29, 1.82) is 0 Å². The lowest BCUT2D eigenvalue weighted by Gasteiger charge is -2.17. The van der Waals surface area contributed by atoms with Crippen molar-refractivity contribution in [3.63, 3.8) is 0 Å². The molecule has 3 heteroatoms. The van der Waals surface area contributed by atoms with Crippen molar-refractivity contribution in [3.8, 4) is 0 Å². The van der Waals surface area contributed by atoms with Crippen LogP contribution in [0.4, 0.5) is 0 Å². The highest BCUT2D eigenvalue weighted by Crippen LogP contribution is 1.98. The van der Waals surface area contributed by atoms with Gasteiger partial charge in [-0.25, -0.2) is 0 Å². The van der Waals surface area contributed by atoms with Gasteiger partial charge >= 0.3 is 0 Å². The van der Waals surface area contributed by atoms with Gasteiger partial charge in [0.2, 0.25) is 0 Å². The second-order valence-electron chi connectivity index (χ2n) is 3.74. The van der Waals surface area contributed by atoms with Crippen LogP contribution in [0.15, 0.2) is 0 Å². The summed E-state index contributed by atoms with van der Waals surface area (Å²) in [6, 6.07) is 0. The van der Waals surface area contributed by atoms with Crippen LogP contribution < -0.4 is 5.73 Å². The van der Waals surface area contributed by atoms with Crippen molar-refractivity contribution in [2.24, 2.45) is 5.73 Å². The standard InChI is InChI=1S/C9H21NO2/c1-9(2,10)8-12-7-5-4-6-11-3/h4-8,10H2,1-3H3. The molecule has 0 aromatic heterocycles. The first-order valence-corrected chi connectivity index (χ1v) is 4.42. The fourth-order valence-corrected chi connectivity index (χ4v) is 0.786. The van der Waals surface area contributed by atoms with Gasteiger partial charge in [-0.3, -0.25) is 0 Å². The van der Waals surface area contributed by atoms with E-state index in [4.69, 9.17) is 15.2 Å². The van der Waals surface area contributed by atoms with Crippen LogP contribution in [0.1, 0.15) is 26.7 Å². The molecular weight excluding hydrogens is 154 g/mol. The molecule has 0 aromatic rings. The molecule has 0 unspecified atom stereocenters. The number of methoxy groups -OCH3 is 1. The Morgan fingerprint density at radius 2 is 1.75 bits per heavy atom. The van der Waals surface area contributed by atoms with Crippen molar-refractivity contribution in [3.05, 3.63) is 0 Å². The molecule has 0 rings (SSSR count). The molecule has 0 atom stereocenters. The van der Waals surface area contributed by atoms with Gasteiger partial charge in [0.1, 0.15) is 0 Å². The van der Waals surface area contributed by atoms with Crippen LogP contribution in [0.3, 0.4) is 0 Å². The highest BCUT2D eigenvalue weighted by molar-refractivity contribution is 4.69. The maximum absolute atomic E-state index is 5.73. The number of unbranched alkanes of at least 4 members (excludes halogenated alkanes) is 1. The van der Waals surface area contributed by atoms with Crippen molar-refractivity contribution in [1.82, 2.24) is 0 Å². The third-order valence-electron chi connectivity index (χ3n) is 1.36. The summed E-state index contributed by atoms with van der Waals surface area (Å²) in [6.07, 6.45) is 2.10. The van der Waals surface area contributed by atoms with E-state index in [1.165, 1.54) is 0 Å². The van der Waals surface area contributed by atoms with E-state index in [9.17, 15) is 0 Å². The molecule has 0 aliphatic heterocycles. The summed E-state index contributed by atoms with van der Waals surface area (Å²) in [5, 5.41) is 0. The minimum atomic E-state index is -0.207. The van der Waals surface area contributed by atoms with Crippen molar-refractivity contribution in [2.45, 2.75) is 32.2 Å². The SMILES string of the molecule is COCCCCOCC(C)(C)N. The lowest BCUT2D eigenvalue weighted by atomic mass is 10.1. The normalized spacial score (nSPS) is 12.0. The highest BCUT2D eigenvalue weighted by atomic mass is 16.5. The fourth-order valence-electron chi connectivity index (χ4n) is 0.786. The number of hydrogen-bond acceptors (Lipinski definition) is 3. The third-order valence-corrected chi connectivity index (χ3v) is 1.36. The molecule has 74 valence electrons. The summed E-state index contributed by atoms with van der Waals surface area (Å²) in [5.74, 6) is 0. The summed E-state index contributed by atoms with van der Waals surface area (Å²) >= 11 is 0. The molecule has 0 heterocycles. The molecule has 0 radical (unpaired) electrons. The molecule has 0 saturated heterocycles. The molecule has 2 N–H and O–H groups in total. The van der Waals surface area contributed by atoms with E-state index in [0.29, 0.717) is 6.61 Å². The Bertz CT molecular complexity index is 99.2. The van der Waals surface area contributed by atoms with Crippen molar-refractivity contribution in [2.75, 3.05) is 26.9 Å². The minimum absolute atomic E-state index is 0.207. The van der Waals surface area contributed by atoms with E-state index < -0.39 is 0 Å². The van der Waals surface area contributed by atoms with Crippen molar-refractivity contribution < 1.29 is 9.47 Å². The van der Waals surface area contributed by atoms with Crippen LogP contribution in [-0.4, -0.2) is 32.5 Å². The van der Waals surface area contributed by atoms with E-state index in [2.05, 4.69) is 0 Å². The third kappa shape index (κ3) is 9.88. The first-order valence-electron chi connectivity index (χ1n) is 4.42. The lowest BCUT2D eigenvalue weighted by Crippen LogP contribution is -2.37. The number of nitrogens with two attached hydrogens (primary N) is 1. The largest absolute Gasteiger partial charge is 0.385 e.